The molecule has 5 rings (SSSR count). The summed E-state index contributed by atoms with van der Waals surface area (Å²) in [6, 6.07) is 12.0. The molecule has 32 heavy (non-hydrogen) atoms. The highest BCUT2D eigenvalue weighted by molar-refractivity contribution is 9.10. The topological polar surface area (TPSA) is 67.6 Å². The molecule has 3 aromatic rings. The number of hydrogen-bond donors (Lipinski definition) is 1. The van der Waals surface area contributed by atoms with Crippen molar-refractivity contribution in [2.24, 2.45) is 7.05 Å². The van der Waals surface area contributed by atoms with Gasteiger partial charge in [0.15, 0.2) is 0 Å². The fourth-order valence-corrected chi connectivity index (χ4v) is 5.06. The zero-order chi connectivity index (χ0) is 22.2. The predicted molar refractivity (Wildman–Crippen MR) is 125 cm³/mol. The fourth-order valence-electron chi connectivity index (χ4n) is 4.61. The minimum Gasteiger partial charge on any atom is -0.487 e. The number of carbonyl (C=O) groups excluding carboxylic acids is 1. The summed E-state index contributed by atoms with van der Waals surface area (Å²) in [5.41, 5.74) is 4.80. The predicted octanol–water partition coefficient (Wildman–Crippen LogP) is 4.69. The van der Waals surface area contributed by atoms with Gasteiger partial charge >= 0.3 is 0 Å². The van der Waals surface area contributed by atoms with Crippen LogP contribution < -0.4 is 4.74 Å². The van der Waals surface area contributed by atoms with E-state index in [9.17, 15) is 9.90 Å². The van der Waals surface area contributed by atoms with Crippen LogP contribution >= 0.6 is 15.9 Å². The maximum Gasteiger partial charge on any atom is 0.258 e. The highest BCUT2D eigenvalue weighted by Crippen LogP contribution is 2.38. The third-order valence-electron chi connectivity index (χ3n) is 6.38. The Morgan fingerprint density at radius 3 is 2.62 bits per heavy atom. The van der Waals surface area contributed by atoms with E-state index in [1.165, 1.54) is 0 Å². The first-order chi connectivity index (χ1) is 15.5. The second-order valence-electron chi connectivity index (χ2n) is 8.67. The van der Waals surface area contributed by atoms with E-state index in [4.69, 9.17) is 4.74 Å². The Hall–Kier alpha value is -2.64. The van der Waals surface area contributed by atoms with Crippen molar-refractivity contribution in [3.8, 4) is 16.9 Å². The van der Waals surface area contributed by atoms with Crippen LogP contribution in [0.25, 0.3) is 11.1 Å². The zero-order valence-corrected chi connectivity index (χ0v) is 19.6. The maximum absolute atomic E-state index is 13.3. The molecular formula is C25H26BrN3O3. The van der Waals surface area contributed by atoms with Crippen molar-refractivity contribution in [1.82, 2.24) is 14.7 Å². The van der Waals surface area contributed by atoms with Crippen LogP contribution in [0.1, 0.15) is 47.2 Å². The van der Waals surface area contributed by atoms with Crippen LogP contribution in [0, 0.1) is 0 Å². The number of carbonyl (C=O) groups is 1. The number of amides is 1. The summed E-state index contributed by atoms with van der Waals surface area (Å²) in [7, 11) is 1.90. The highest BCUT2D eigenvalue weighted by atomic mass is 79.9. The molecule has 1 amide bonds. The van der Waals surface area contributed by atoms with Gasteiger partial charge in [0.2, 0.25) is 0 Å². The summed E-state index contributed by atoms with van der Waals surface area (Å²) in [5, 5.41) is 14.5. The number of aromatic nitrogens is 2. The van der Waals surface area contributed by atoms with Crippen molar-refractivity contribution in [3.05, 3.63) is 70.0 Å². The first-order valence-electron chi connectivity index (χ1n) is 11.0. The van der Waals surface area contributed by atoms with Crippen LogP contribution in [0.15, 0.2) is 53.3 Å². The van der Waals surface area contributed by atoms with Gasteiger partial charge in [-0.15, -0.1) is 0 Å². The molecule has 6 nitrogen and oxygen atoms in total. The molecule has 7 heteroatoms. The molecule has 1 N–H and O–H groups in total. The molecule has 1 fully saturated rings. The lowest BCUT2D eigenvalue weighted by Gasteiger charge is -2.28. The van der Waals surface area contributed by atoms with Crippen molar-refractivity contribution in [3.63, 3.8) is 0 Å². The first-order valence-corrected chi connectivity index (χ1v) is 11.8. The number of fused-ring (bicyclic) bond motifs is 1. The van der Waals surface area contributed by atoms with Crippen LogP contribution in [0.5, 0.6) is 5.75 Å². The average Bonchev–Trinajstić information content (AvgIpc) is 3.37. The lowest BCUT2D eigenvalue weighted by molar-refractivity contribution is 0.00636. The van der Waals surface area contributed by atoms with Crippen LogP contribution in [-0.4, -0.2) is 37.9 Å². The van der Waals surface area contributed by atoms with Gasteiger partial charge in [-0.1, -0.05) is 46.6 Å². The number of halogens is 1. The van der Waals surface area contributed by atoms with Gasteiger partial charge in [-0.3, -0.25) is 9.48 Å². The van der Waals surface area contributed by atoms with Gasteiger partial charge < -0.3 is 14.7 Å². The Bertz CT molecular complexity index is 1140. The van der Waals surface area contributed by atoms with E-state index in [1.54, 1.807) is 4.68 Å². The molecule has 2 heterocycles. The van der Waals surface area contributed by atoms with E-state index in [0.29, 0.717) is 24.4 Å². The quantitative estimate of drug-likeness (QED) is 0.557. The van der Waals surface area contributed by atoms with E-state index in [1.807, 2.05) is 36.5 Å². The fraction of sp³-hybridized carbons (Fsp3) is 0.360. The van der Waals surface area contributed by atoms with Gasteiger partial charge in [-0.2, -0.15) is 5.10 Å². The van der Waals surface area contributed by atoms with Crippen LogP contribution in [0.3, 0.4) is 0 Å². The first kappa shape index (κ1) is 21.2. The summed E-state index contributed by atoms with van der Waals surface area (Å²) in [6.45, 7) is 1.06. The maximum atomic E-state index is 13.3. The molecule has 1 aromatic heterocycles. The number of ether oxygens (including phenoxy) is 1. The molecule has 0 bridgehead atoms. The molecule has 1 saturated carbocycles. The molecule has 1 aliphatic carbocycles. The minimum absolute atomic E-state index is 0.0297. The lowest BCUT2D eigenvalue weighted by Crippen LogP contribution is -2.35. The zero-order valence-electron chi connectivity index (χ0n) is 18.0. The van der Waals surface area contributed by atoms with Gasteiger partial charge in [0.05, 0.1) is 17.9 Å². The third-order valence-corrected chi connectivity index (χ3v) is 7.12. The largest absolute Gasteiger partial charge is 0.487 e. The molecule has 166 valence electrons. The van der Waals surface area contributed by atoms with Gasteiger partial charge in [0.1, 0.15) is 11.9 Å². The number of rotatable bonds is 5. The standard InChI is InChI=1S/C25H26BrN3O3/c1-28-14-18(12-27-28)17-8-6-16(7-9-17)13-29-15-19-20(26)10-11-23(24(19)25(29)31)32-22-5-3-2-4-21(22)30/h6-12,14,21-22,30H,2-5,13,15H2,1H3/t21-,22-/m1/s1. The molecule has 0 radical (unpaired) electrons. The number of benzene rings is 2. The Labute approximate surface area is 195 Å². The normalized spacial score (nSPS) is 20.5. The smallest absolute Gasteiger partial charge is 0.258 e. The average molecular weight is 496 g/mol. The molecule has 2 aliphatic rings. The second-order valence-corrected chi connectivity index (χ2v) is 9.52. The molecule has 0 saturated heterocycles. The molecule has 2 atom stereocenters. The molecule has 0 unspecified atom stereocenters. The van der Waals surface area contributed by atoms with Crippen molar-refractivity contribution in [2.45, 2.75) is 51.0 Å². The Morgan fingerprint density at radius 1 is 1.12 bits per heavy atom. The molecule has 1 aliphatic heterocycles. The third kappa shape index (κ3) is 4.07. The van der Waals surface area contributed by atoms with Gasteiger partial charge in [-0.05, 0) is 42.5 Å². The molecule has 0 spiro atoms. The summed E-state index contributed by atoms with van der Waals surface area (Å²) in [5.74, 6) is 0.548. The number of hydrogen-bond acceptors (Lipinski definition) is 4. The van der Waals surface area contributed by atoms with E-state index in [0.717, 1.165) is 52.4 Å². The van der Waals surface area contributed by atoms with Crippen LogP contribution in [0.2, 0.25) is 0 Å². The summed E-state index contributed by atoms with van der Waals surface area (Å²) < 4.78 is 8.87. The number of aryl methyl sites for hydroxylation is 1. The Balaban J connectivity index is 1.34. The Morgan fingerprint density at radius 2 is 1.91 bits per heavy atom. The monoisotopic (exact) mass is 495 g/mol. The van der Waals surface area contributed by atoms with Crippen molar-refractivity contribution in [2.75, 3.05) is 0 Å². The van der Waals surface area contributed by atoms with E-state index in [2.05, 4.69) is 45.3 Å². The minimum atomic E-state index is -0.478. The van der Waals surface area contributed by atoms with Crippen molar-refractivity contribution in [1.29, 1.82) is 0 Å². The highest BCUT2D eigenvalue weighted by Gasteiger charge is 2.34. The van der Waals surface area contributed by atoms with E-state index >= 15 is 0 Å². The van der Waals surface area contributed by atoms with E-state index < -0.39 is 6.10 Å². The van der Waals surface area contributed by atoms with Crippen molar-refractivity contribution >= 4 is 21.8 Å². The van der Waals surface area contributed by atoms with Gasteiger partial charge in [0.25, 0.3) is 5.91 Å². The van der Waals surface area contributed by atoms with E-state index in [-0.39, 0.29) is 12.0 Å². The number of aliphatic hydroxyl groups is 1. The molecule has 2 aromatic carbocycles. The SMILES string of the molecule is Cn1cc(-c2ccc(CN3Cc4c(Br)ccc(O[C@@H]5CCCC[C@H]5O)c4C3=O)cc2)cn1. The number of nitrogens with zero attached hydrogens (tertiary/aromatic N) is 3. The number of aliphatic hydroxyl groups excluding tert-OH is 1. The van der Waals surface area contributed by atoms with Crippen molar-refractivity contribution < 1.29 is 14.6 Å². The van der Waals surface area contributed by atoms with Crippen LogP contribution in [0.4, 0.5) is 0 Å². The summed E-state index contributed by atoms with van der Waals surface area (Å²) in [4.78, 5) is 15.2. The van der Waals surface area contributed by atoms with Crippen LogP contribution in [-0.2, 0) is 20.1 Å². The molecular weight excluding hydrogens is 470 g/mol. The van der Waals surface area contributed by atoms with Gasteiger partial charge in [-0.25, -0.2) is 0 Å². The van der Waals surface area contributed by atoms with Gasteiger partial charge in [0, 0.05) is 41.9 Å². The Kier molecular flexibility index (Phi) is 5.78. The lowest BCUT2D eigenvalue weighted by atomic mass is 9.94. The second kappa shape index (κ2) is 8.71. The summed E-state index contributed by atoms with van der Waals surface area (Å²) in [6.07, 6.45) is 6.72. The summed E-state index contributed by atoms with van der Waals surface area (Å²) >= 11 is 3.60.